The molecule has 4 heteroatoms. The van der Waals surface area contributed by atoms with Crippen LogP contribution in [0.15, 0.2) is 30.5 Å². The number of hydrogen-bond acceptors (Lipinski definition) is 4. The van der Waals surface area contributed by atoms with Crippen molar-refractivity contribution in [1.29, 1.82) is 0 Å². The number of aromatic nitrogens is 1. The van der Waals surface area contributed by atoms with E-state index in [9.17, 15) is 5.11 Å². The van der Waals surface area contributed by atoms with E-state index in [1.165, 1.54) is 0 Å². The molecule has 1 atom stereocenters. The van der Waals surface area contributed by atoms with Crippen LogP contribution >= 0.6 is 0 Å². The Hall–Kier alpha value is -1.81. The second-order valence-electron chi connectivity index (χ2n) is 4.15. The molecule has 0 fully saturated rings. The highest BCUT2D eigenvalue weighted by molar-refractivity contribution is 5.95. The second kappa shape index (κ2) is 5.69. The molecule has 0 aliphatic rings. The Kier molecular flexibility index (Phi) is 3.99. The van der Waals surface area contributed by atoms with E-state index in [2.05, 4.69) is 10.3 Å². The minimum Gasteiger partial charge on any atom is -0.496 e. The molecule has 4 nitrogen and oxygen atoms in total. The first kappa shape index (κ1) is 12.6. The fourth-order valence-corrected chi connectivity index (χ4v) is 1.94. The lowest BCUT2D eigenvalue weighted by Crippen LogP contribution is -2.23. The fourth-order valence-electron chi connectivity index (χ4n) is 1.94. The minimum absolute atomic E-state index is 0.0225. The van der Waals surface area contributed by atoms with Crippen LogP contribution in [0.1, 0.15) is 13.3 Å². The molecule has 2 N–H and O–H groups in total. The molecule has 2 rings (SSSR count). The highest BCUT2D eigenvalue weighted by Crippen LogP contribution is 2.29. The van der Waals surface area contributed by atoms with Gasteiger partial charge in [-0.3, -0.25) is 0 Å². The van der Waals surface area contributed by atoms with Crippen molar-refractivity contribution < 1.29 is 9.84 Å². The van der Waals surface area contributed by atoms with Crippen molar-refractivity contribution >= 4 is 16.6 Å². The normalized spacial score (nSPS) is 12.4. The summed E-state index contributed by atoms with van der Waals surface area (Å²) in [7, 11) is 1.66. The van der Waals surface area contributed by atoms with Crippen LogP contribution in [-0.4, -0.2) is 29.8 Å². The number of hydrogen-bond donors (Lipinski definition) is 2. The zero-order valence-electron chi connectivity index (χ0n) is 10.7. The number of nitrogens with one attached hydrogen (secondary N) is 1. The number of benzene rings is 1. The summed E-state index contributed by atoms with van der Waals surface area (Å²) in [5.74, 6) is 1.61. The minimum atomic E-state index is 0.0225. The van der Waals surface area contributed by atoms with Crippen molar-refractivity contribution in [3.05, 3.63) is 30.5 Å². The Morgan fingerprint density at radius 3 is 2.83 bits per heavy atom. The summed E-state index contributed by atoms with van der Waals surface area (Å²) < 4.78 is 5.34. The van der Waals surface area contributed by atoms with Gasteiger partial charge in [-0.05, 0) is 18.6 Å². The third-order valence-corrected chi connectivity index (χ3v) is 3.04. The van der Waals surface area contributed by atoms with Gasteiger partial charge in [0.25, 0.3) is 0 Å². The number of fused-ring (bicyclic) bond motifs is 1. The molecule has 1 heterocycles. The van der Waals surface area contributed by atoms with E-state index in [0.29, 0.717) is 0 Å². The van der Waals surface area contributed by atoms with Gasteiger partial charge in [0.15, 0.2) is 0 Å². The van der Waals surface area contributed by atoms with Gasteiger partial charge in [0.1, 0.15) is 11.6 Å². The van der Waals surface area contributed by atoms with Gasteiger partial charge >= 0.3 is 0 Å². The first-order chi connectivity index (χ1) is 8.80. The van der Waals surface area contributed by atoms with Gasteiger partial charge in [-0.1, -0.05) is 19.1 Å². The van der Waals surface area contributed by atoms with Gasteiger partial charge in [0.2, 0.25) is 0 Å². The van der Waals surface area contributed by atoms with Crippen LogP contribution in [0.5, 0.6) is 5.75 Å². The average molecular weight is 246 g/mol. The van der Waals surface area contributed by atoms with E-state index in [4.69, 9.17) is 4.74 Å². The van der Waals surface area contributed by atoms with Crippen LogP contribution in [0, 0.1) is 0 Å². The molecule has 0 aliphatic heterocycles. The average Bonchev–Trinajstić information content (AvgIpc) is 2.44. The molecular weight excluding hydrogens is 228 g/mol. The van der Waals surface area contributed by atoms with Gasteiger partial charge < -0.3 is 15.2 Å². The van der Waals surface area contributed by atoms with Crippen molar-refractivity contribution in [2.24, 2.45) is 0 Å². The van der Waals surface area contributed by atoms with E-state index in [1.54, 1.807) is 13.3 Å². The standard InChI is InChI=1S/C14H18N2O2/c1-3-10(9-17)16-14-12-5-4-6-13(18-2)11(12)7-8-15-14/h4-8,10,17H,3,9H2,1-2H3,(H,15,16). The number of aliphatic hydroxyl groups is 1. The summed E-state index contributed by atoms with van der Waals surface area (Å²) in [6.45, 7) is 2.12. The van der Waals surface area contributed by atoms with Gasteiger partial charge in [-0.2, -0.15) is 0 Å². The maximum Gasteiger partial charge on any atom is 0.134 e. The lowest BCUT2D eigenvalue weighted by atomic mass is 10.1. The largest absolute Gasteiger partial charge is 0.496 e. The Morgan fingerprint density at radius 2 is 2.17 bits per heavy atom. The lowest BCUT2D eigenvalue weighted by Gasteiger charge is -2.16. The van der Waals surface area contributed by atoms with Crippen LogP contribution in [0.2, 0.25) is 0 Å². The Morgan fingerprint density at radius 1 is 1.33 bits per heavy atom. The molecule has 96 valence electrons. The topological polar surface area (TPSA) is 54.4 Å². The van der Waals surface area contributed by atoms with Crippen molar-refractivity contribution in [2.75, 3.05) is 19.0 Å². The summed E-state index contributed by atoms with van der Waals surface area (Å²) in [6, 6.07) is 7.81. The van der Waals surface area contributed by atoms with Crippen molar-refractivity contribution in [3.63, 3.8) is 0 Å². The maximum atomic E-state index is 9.25. The SMILES string of the molecule is CCC(CO)Nc1nccc2c(OC)cccc12. The Bertz CT molecular complexity index is 524. The molecule has 0 amide bonds. The van der Waals surface area contributed by atoms with Crippen LogP contribution in [-0.2, 0) is 0 Å². The first-order valence-corrected chi connectivity index (χ1v) is 6.09. The van der Waals surface area contributed by atoms with Crippen LogP contribution in [0.4, 0.5) is 5.82 Å². The number of aliphatic hydroxyl groups excluding tert-OH is 1. The van der Waals surface area contributed by atoms with Crippen LogP contribution < -0.4 is 10.1 Å². The quantitative estimate of drug-likeness (QED) is 0.850. The monoisotopic (exact) mass is 246 g/mol. The van der Waals surface area contributed by atoms with Gasteiger partial charge in [0, 0.05) is 17.0 Å². The molecule has 0 saturated carbocycles. The summed E-state index contributed by atoms with van der Waals surface area (Å²) >= 11 is 0. The summed E-state index contributed by atoms with van der Waals surface area (Å²) in [5.41, 5.74) is 0. The van der Waals surface area contributed by atoms with Crippen molar-refractivity contribution in [3.8, 4) is 5.75 Å². The van der Waals surface area contributed by atoms with E-state index in [-0.39, 0.29) is 12.6 Å². The maximum absolute atomic E-state index is 9.25. The number of methoxy groups -OCH3 is 1. The van der Waals surface area contributed by atoms with Gasteiger partial charge in [0.05, 0.1) is 19.8 Å². The molecule has 0 saturated heterocycles. The van der Waals surface area contributed by atoms with E-state index >= 15 is 0 Å². The zero-order valence-corrected chi connectivity index (χ0v) is 10.7. The molecule has 0 aliphatic carbocycles. The Balaban J connectivity index is 2.45. The van der Waals surface area contributed by atoms with Crippen molar-refractivity contribution in [1.82, 2.24) is 4.98 Å². The van der Waals surface area contributed by atoms with E-state index < -0.39 is 0 Å². The number of pyridine rings is 1. The number of rotatable bonds is 5. The molecule has 1 unspecified atom stereocenters. The summed E-state index contributed by atoms with van der Waals surface area (Å²) in [5, 5.41) is 14.5. The number of nitrogens with zero attached hydrogens (tertiary/aromatic N) is 1. The third kappa shape index (κ3) is 2.38. The molecule has 1 aromatic carbocycles. The summed E-state index contributed by atoms with van der Waals surface area (Å²) in [4.78, 5) is 4.34. The molecule has 0 bridgehead atoms. The van der Waals surface area contributed by atoms with Gasteiger partial charge in [-0.15, -0.1) is 0 Å². The smallest absolute Gasteiger partial charge is 0.134 e. The molecule has 0 radical (unpaired) electrons. The zero-order chi connectivity index (χ0) is 13.0. The van der Waals surface area contributed by atoms with Crippen molar-refractivity contribution in [2.45, 2.75) is 19.4 Å². The first-order valence-electron chi connectivity index (χ1n) is 6.09. The predicted octanol–water partition coefficient (Wildman–Crippen LogP) is 2.43. The van der Waals surface area contributed by atoms with Crippen LogP contribution in [0.3, 0.4) is 0 Å². The predicted molar refractivity (Wildman–Crippen MR) is 73.1 cm³/mol. The molecular formula is C14H18N2O2. The molecule has 0 spiro atoms. The summed E-state index contributed by atoms with van der Waals surface area (Å²) in [6.07, 6.45) is 2.59. The fraction of sp³-hybridized carbons (Fsp3) is 0.357. The van der Waals surface area contributed by atoms with E-state index in [1.807, 2.05) is 31.2 Å². The second-order valence-corrected chi connectivity index (χ2v) is 4.15. The third-order valence-electron chi connectivity index (χ3n) is 3.04. The number of anilines is 1. The highest BCUT2D eigenvalue weighted by Gasteiger charge is 2.09. The number of ether oxygens (including phenoxy) is 1. The molecule has 18 heavy (non-hydrogen) atoms. The highest BCUT2D eigenvalue weighted by atomic mass is 16.5. The Labute approximate surface area is 107 Å². The molecule has 2 aromatic rings. The van der Waals surface area contributed by atoms with E-state index in [0.717, 1.165) is 28.8 Å². The van der Waals surface area contributed by atoms with Crippen LogP contribution in [0.25, 0.3) is 10.8 Å². The lowest BCUT2D eigenvalue weighted by molar-refractivity contribution is 0.271. The van der Waals surface area contributed by atoms with Gasteiger partial charge in [-0.25, -0.2) is 4.98 Å². The molecule has 1 aromatic heterocycles.